The van der Waals surface area contributed by atoms with E-state index in [4.69, 9.17) is 30.6 Å². The van der Waals surface area contributed by atoms with Gasteiger partial charge in [-0.3, -0.25) is 9.13 Å². The summed E-state index contributed by atoms with van der Waals surface area (Å²) in [5.74, 6) is -1.39. The minimum atomic E-state index is -4.82. The lowest BCUT2D eigenvalue weighted by Crippen LogP contribution is -2.33. The summed E-state index contributed by atoms with van der Waals surface area (Å²) in [6.07, 6.45) is -1.42. The van der Waals surface area contributed by atoms with E-state index in [1.165, 1.54) is 0 Å². The predicted molar refractivity (Wildman–Crippen MR) is 115 cm³/mol. The molecule has 1 aliphatic heterocycles. The zero-order valence-electron chi connectivity index (χ0n) is 17.1. The number of anilines is 1. The predicted octanol–water partition coefficient (Wildman–Crippen LogP) is 0.791. The molecular weight excluding hydrogens is 504 g/mol. The van der Waals surface area contributed by atoms with Gasteiger partial charge in [-0.25, -0.2) is 4.98 Å². The minimum Gasteiger partial charge on any atom is -0.387 e. The third-order valence-electron chi connectivity index (χ3n) is 5.50. The molecule has 0 amide bonds. The number of aliphatic hydroxyl groups excluding tert-OH is 2. The number of ether oxygens (including phenoxy) is 1. The number of hydrogen-bond donors (Lipinski definition) is 6. The maximum Gasteiger partial charge on any atom is 0.340 e. The van der Waals surface area contributed by atoms with Gasteiger partial charge in [-0.05, 0) is 12.8 Å². The van der Waals surface area contributed by atoms with Gasteiger partial charge in [-0.1, -0.05) is 29.7 Å². The SMILES string of the molecule is O=P(O)(O)CP(=O)(O)OC[C@H]1O[C@@H](n2nnc3c(NC4CCCC4)cc(Cl)nc32)[C@H](O)[C@@H]1O. The molecule has 1 saturated carbocycles. The van der Waals surface area contributed by atoms with Crippen LogP contribution in [0.3, 0.4) is 0 Å². The van der Waals surface area contributed by atoms with Gasteiger partial charge >= 0.3 is 15.2 Å². The van der Waals surface area contributed by atoms with Gasteiger partial charge in [0.2, 0.25) is 0 Å². The van der Waals surface area contributed by atoms with E-state index < -0.39 is 52.2 Å². The molecule has 1 unspecified atom stereocenters. The average Bonchev–Trinajstić information content (AvgIpc) is 3.40. The van der Waals surface area contributed by atoms with Crippen LogP contribution in [0.25, 0.3) is 11.2 Å². The maximum atomic E-state index is 11.9. The summed E-state index contributed by atoms with van der Waals surface area (Å²) in [7, 11) is -9.48. The Morgan fingerprint density at radius 2 is 1.91 bits per heavy atom. The van der Waals surface area contributed by atoms with Gasteiger partial charge in [0.25, 0.3) is 0 Å². The summed E-state index contributed by atoms with van der Waals surface area (Å²) in [5.41, 5.74) is 1.20. The third-order valence-corrected chi connectivity index (χ3v) is 9.15. The van der Waals surface area contributed by atoms with Crippen molar-refractivity contribution >= 4 is 43.6 Å². The minimum absolute atomic E-state index is 0.151. The first-order chi connectivity index (χ1) is 15.4. The Bertz CT molecular complexity index is 1110. The lowest BCUT2D eigenvalue weighted by atomic mass is 10.1. The first kappa shape index (κ1) is 24.9. The normalized spacial score (nSPS) is 28.4. The van der Waals surface area contributed by atoms with E-state index in [2.05, 4.69) is 20.6 Å². The number of rotatable bonds is 8. The first-order valence-electron chi connectivity index (χ1n) is 10.1. The number of fused-ring (bicyclic) bond motifs is 1. The Balaban J connectivity index is 1.53. The van der Waals surface area contributed by atoms with Gasteiger partial charge in [0.05, 0.1) is 12.3 Å². The van der Waals surface area contributed by atoms with Crippen molar-refractivity contribution in [3.05, 3.63) is 11.2 Å². The zero-order chi connectivity index (χ0) is 24.0. The van der Waals surface area contributed by atoms with Gasteiger partial charge < -0.3 is 39.5 Å². The lowest BCUT2D eigenvalue weighted by Gasteiger charge is -2.18. The van der Waals surface area contributed by atoms with E-state index in [1.807, 2.05) is 0 Å². The topological polar surface area (TPSA) is 209 Å². The second kappa shape index (κ2) is 9.46. The van der Waals surface area contributed by atoms with Crippen LogP contribution in [0.2, 0.25) is 5.15 Å². The number of halogens is 1. The van der Waals surface area contributed by atoms with Crippen LogP contribution in [0.5, 0.6) is 0 Å². The van der Waals surface area contributed by atoms with Crippen molar-refractivity contribution in [3.8, 4) is 0 Å². The summed E-state index contributed by atoms with van der Waals surface area (Å²) in [4.78, 5) is 31.6. The molecule has 17 heteroatoms. The Labute approximate surface area is 192 Å². The van der Waals surface area contributed by atoms with Gasteiger partial charge in [-0.2, -0.15) is 4.68 Å². The van der Waals surface area contributed by atoms with Crippen molar-refractivity contribution in [1.29, 1.82) is 0 Å². The molecule has 0 radical (unpaired) electrons. The van der Waals surface area contributed by atoms with Crippen molar-refractivity contribution in [3.63, 3.8) is 0 Å². The lowest BCUT2D eigenvalue weighted by molar-refractivity contribution is -0.0549. The van der Waals surface area contributed by atoms with Crippen LogP contribution >= 0.6 is 26.8 Å². The van der Waals surface area contributed by atoms with E-state index >= 15 is 0 Å². The Morgan fingerprint density at radius 3 is 2.58 bits per heavy atom. The van der Waals surface area contributed by atoms with Crippen LogP contribution in [0, 0.1) is 0 Å². The van der Waals surface area contributed by atoms with Crippen LogP contribution in [-0.2, 0) is 18.4 Å². The first-order valence-corrected chi connectivity index (χ1v) is 14.1. The van der Waals surface area contributed by atoms with Gasteiger partial charge in [-0.15, -0.1) is 5.10 Å². The fraction of sp³-hybridized carbons (Fsp3) is 0.688. The zero-order valence-corrected chi connectivity index (χ0v) is 19.7. The molecule has 14 nitrogen and oxygen atoms in total. The van der Waals surface area contributed by atoms with Crippen molar-refractivity contribution < 1.29 is 43.3 Å². The van der Waals surface area contributed by atoms with Gasteiger partial charge in [0.1, 0.15) is 23.5 Å². The Kier molecular flexibility index (Phi) is 7.15. The molecule has 33 heavy (non-hydrogen) atoms. The maximum absolute atomic E-state index is 11.9. The molecule has 0 bridgehead atoms. The summed E-state index contributed by atoms with van der Waals surface area (Å²) >= 11 is 6.18. The highest BCUT2D eigenvalue weighted by Crippen LogP contribution is 2.55. The summed E-state index contributed by atoms with van der Waals surface area (Å²) in [6.45, 7) is -0.711. The molecule has 2 fully saturated rings. The Hall–Kier alpha value is -1.18. The molecule has 184 valence electrons. The smallest absolute Gasteiger partial charge is 0.340 e. The van der Waals surface area contributed by atoms with E-state index in [9.17, 15) is 24.2 Å². The molecule has 5 atom stereocenters. The number of aliphatic hydroxyl groups is 2. The molecule has 1 saturated heterocycles. The van der Waals surface area contributed by atoms with Crippen molar-refractivity contribution in [1.82, 2.24) is 20.0 Å². The summed E-state index contributed by atoms with van der Waals surface area (Å²) in [5, 5.41) is 32.4. The van der Waals surface area contributed by atoms with Crippen LogP contribution in [0.15, 0.2) is 6.07 Å². The van der Waals surface area contributed by atoms with Crippen molar-refractivity contribution in [2.24, 2.45) is 0 Å². The Morgan fingerprint density at radius 1 is 1.21 bits per heavy atom. The van der Waals surface area contributed by atoms with Gasteiger partial charge in [0.15, 0.2) is 23.3 Å². The second-order valence-electron chi connectivity index (χ2n) is 8.11. The van der Waals surface area contributed by atoms with Crippen LogP contribution in [-0.4, -0.2) is 81.7 Å². The standard InChI is InChI=1S/C16H24ClN5O9P2/c17-11-5-9(18-8-3-1-2-4-8)12-15(19-11)22(21-20-12)16-14(24)13(23)10(31-16)6-30-33(28,29)7-32(25,26)27/h5,8,10,13-14,16,23-24H,1-4,6-7H2,(H,18,19)(H,28,29)(H2,25,26,27)/t10-,13-,14-,16-/m1/s1. The van der Waals surface area contributed by atoms with Crippen molar-refractivity contribution in [2.45, 2.75) is 56.3 Å². The van der Waals surface area contributed by atoms with Crippen LogP contribution < -0.4 is 5.32 Å². The quantitative estimate of drug-likeness (QED) is 0.207. The summed E-state index contributed by atoms with van der Waals surface area (Å²) < 4.78 is 34.3. The highest BCUT2D eigenvalue weighted by atomic mass is 35.5. The number of pyridine rings is 1. The molecule has 0 spiro atoms. The average molecular weight is 528 g/mol. The van der Waals surface area contributed by atoms with Crippen LogP contribution in [0.4, 0.5) is 5.69 Å². The third kappa shape index (κ3) is 5.73. The number of nitrogens with zero attached hydrogens (tertiary/aromatic N) is 4. The fourth-order valence-electron chi connectivity index (χ4n) is 3.99. The molecule has 2 aliphatic rings. The molecule has 2 aromatic rings. The number of nitrogens with one attached hydrogen (secondary N) is 1. The van der Waals surface area contributed by atoms with E-state index in [0.29, 0.717) is 11.2 Å². The molecule has 4 rings (SSSR count). The van der Waals surface area contributed by atoms with Gasteiger partial charge in [0, 0.05) is 12.1 Å². The van der Waals surface area contributed by atoms with Crippen LogP contribution in [0.1, 0.15) is 31.9 Å². The van der Waals surface area contributed by atoms with E-state index in [1.54, 1.807) is 6.07 Å². The van der Waals surface area contributed by atoms with Crippen molar-refractivity contribution in [2.75, 3.05) is 17.8 Å². The molecule has 0 aromatic carbocycles. The fourth-order valence-corrected chi connectivity index (χ4v) is 6.75. The van der Waals surface area contributed by atoms with E-state index in [0.717, 1.165) is 30.4 Å². The molecule has 1 aliphatic carbocycles. The summed E-state index contributed by atoms with van der Waals surface area (Å²) in [6, 6.07) is 1.88. The highest BCUT2D eigenvalue weighted by Gasteiger charge is 2.46. The highest BCUT2D eigenvalue weighted by molar-refractivity contribution is 7.70. The number of aromatic nitrogens is 4. The molecule has 6 N–H and O–H groups in total. The molecule has 2 aromatic heterocycles. The number of hydrogen-bond acceptors (Lipinski definition) is 10. The largest absolute Gasteiger partial charge is 0.387 e. The monoisotopic (exact) mass is 527 g/mol. The molecule has 3 heterocycles. The molecular formula is C16H24ClN5O9P2. The van der Waals surface area contributed by atoms with E-state index in [-0.39, 0.29) is 16.8 Å². The second-order valence-corrected chi connectivity index (χ2v) is 12.5.